The Hall–Kier alpha value is -2.36. The van der Waals surface area contributed by atoms with Crippen LogP contribution in [0.1, 0.15) is 31.9 Å². The molecule has 0 aromatic heterocycles. The highest BCUT2D eigenvalue weighted by Gasteiger charge is 2.20. The van der Waals surface area contributed by atoms with E-state index in [0.717, 1.165) is 5.56 Å². The number of hydrogen-bond acceptors (Lipinski definition) is 2. The molecule has 0 spiro atoms. The Labute approximate surface area is 130 Å². The summed E-state index contributed by atoms with van der Waals surface area (Å²) in [5.74, 6) is 0.197. The van der Waals surface area contributed by atoms with Crippen LogP contribution in [0.4, 0.5) is 4.39 Å². The normalized spacial score (nSPS) is 13.2. The Balaban J connectivity index is 1.98. The molecule has 116 valence electrons. The smallest absolute Gasteiger partial charge is 0.261 e. The number of nitrogens with one attached hydrogen (secondary N) is 1. The molecule has 4 heteroatoms. The van der Waals surface area contributed by atoms with E-state index in [4.69, 9.17) is 4.74 Å². The van der Waals surface area contributed by atoms with E-state index in [1.54, 1.807) is 12.1 Å². The average molecular weight is 301 g/mol. The Kier molecular flexibility index (Phi) is 5.53. The van der Waals surface area contributed by atoms with Crippen molar-refractivity contribution in [2.24, 2.45) is 0 Å². The molecule has 0 bridgehead atoms. The van der Waals surface area contributed by atoms with Gasteiger partial charge >= 0.3 is 0 Å². The van der Waals surface area contributed by atoms with Crippen molar-refractivity contribution in [3.8, 4) is 5.75 Å². The Bertz CT molecular complexity index is 598. The maximum Gasteiger partial charge on any atom is 0.261 e. The second kappa shape index (κ2) is 7.59. The van der Waals surface area contributed by atoms with E-state index in [0.29, 0.717) is 12.2 Å². The van der Waals surface area contributed by atoms with Crippen LogP contribution in [0.3, 0.4) is 0 Å². The Morgan fingerprint density at radius 3 is 2.36 bits per heavy atom. The van der Waals surface area contributed by atoms with Crippen LogP contribution in [-0.4, -0.2) is 12.0 Å². The highest BCUT2D eigenvalue weighted by molar-refractivity contribution is 5.81. The first kappa shape index (κ1) is 16.0. The summed E-state index contributed by atoms with van der Waals surface area (Å²) in [6.07, 6.45) is 0.0157. The minimum absolute atomic E-state index is 0.178. The summed E-state index contributed by atoms with van der Waals surface area (Å²) in [7, 11) is 0. The van der Waals surface area contributed by atoms with E-state index in [2.05, 4.69) is 5.32 Å². The lowest BCUT2D eigenvalue weighted by Crippen LogP contribution is -2.39. The van der Waals surface area contributed by atoms with Crippen molar-refractivity contribution in [2.45, 2.75) is 32.4 Å². The van der Waals surface area contributed by atoms with Crippen molar-refractivity contribution < 1.29 is 13.9 Å². The molecule has 0 aliphatic rings. The average Bonchev–Trinajstić information content (AvgIpc) is 2.54. The predicted octanol–water partition coefficient (Wildman–Crippen LogP) is 3.86. The van der Waals surface area contributed by atoms with Crippen LogP contribution in [-0.2, 0) is 4.79 Å². The number of carbonyl (C=O) groups excluding carboxylic acids is 1. The van der Waals surface area contributed by atoms with Gasteiger partial charge in [-0.05, 0) is 43.2 Å². The van der Waals surface area contributed by atoms with Gasteiger partial charge in [0.1, 0.15) is 11.6 Å². The lowest BCUT2D eigenvalue weighted by Gasteiger charge is -2.20. The molecule has 2 atom stereocenters. The summed E-state index contributed by atoms with van der Waals surface area (Å²) in [6.45, 7) is 3.76. The zero-order valence-corrected chi connectivity index (χ0v) is 12.8. The second-order valence-electron chi connectivity index (χ2n) is 5.11. The molecular formula is C18H20FNO2. The van der Waals surface area contributed by atoms with Crippen molar-refractivity contribution in [3.63, 3.8) is 0 Å². The van der Waals surface area contributed by atoms with Crippen LogP contribution in [0.15, 0.2) is 54.6 Å². The molecule has 2 aromatic rings. The summed E-state index contributed by atoms with van der Waals surface area (Å²) >= 11 is 0. The van der Waals surface area contributed by atoms with Crippen LogP contribution in [0.5, 0.6) is 5.75 Å². The molecule has 0 heterocycles. The second-order valence-corrected chi connectivity index (χ2v) is 5.11. The molecule has 1 N–H and O–H groups in total. The van der Waals surface area contributed by atoms with Crippen LogP contribution >= 0.6 is 0 Å². The van der Waals surface area contributed by atoms with Crippen LogP contribution < -0.4 is 10.1 Å². The van der Waals surface area contributed by atoms with E-state index >= 15 is 0 Å². The molecule has 22 heavy (non-hydrogen) atoms. The van der Waals surface area contributed by atoms with Crippen molar-refractivity contribution >= 4 is 5.91 Å². The molecule has 3 nitrogen and oxygen atoms in total. The summed E-state index contributed by atoms with van der Waals surface area (Å²) < 4.78 is 18.6. The minimum Gasteiger partial charge on any atom is -0.481 e. The molecule has 0 aliphatic carbocycles. The summed E-state index contributed by atoms with van der Waals surface area (Å²) in [6, 6.07) is 15.1. The molecule has 0 saturated carbocycles. The van der Waals surface area contributed by atoms with Gasteiger partial charge in [-0.25, -0.2) is 4.39 Å². The van der Waals surface area contributed by atoms with Crippen LogP contribution in [0.25, 0.3) is 0 Å². The van der Waals surface area contributed by atoms with Crippen molar-refractivity contribution in [3.05, 3.63) is 66.0 Å². The standard InChI is InChI=1S/C18H20FNO2/c1-3-17(22-16-7-5-4-6-8-16)18(21)20-13(2)14-9-11-15(19)12-10-14/h4-13,17H,3H2,1-2H3,(H,20,21)/t13-,17-/m0/s1. The highest BCUT2D eigenvalue weighted by Crippen LogP contribution is 2.16. The van der Waals surface area contributed by atoms with Gasteiger partial charge in [0.2, 0.25) is 0 Å². The fraction of sp³-hybridized carbons (Fsp3) is 0.278. The van der Waals surface area contributed by atoms with Gasteiger partial charge in [0, 0.05) is 0 Å². The molecular weight excluding hydrogens is 281 g/mol. The van der Waals surface area contributed by atoms with E-state index in [-0.39, 0.29) is 17.8 Å². The van der Waals surface area contributed by atoms with Gasteiger partial charge in [0.25, 0.3) is 5.91 Å². The first-order valence-corrected chi connectivity index (χ1v) is 7.37. The lowest BCUT2D eigenvalue weighted by molar-refractivity contribution is -0.128. The summed E-state index contributed by atoms with van der Waals surface area (Å²) in [5.41, 5.74) is 0.851. The van der Waals surface area contributed by atoms with Crippen molar-refractivity contribution in [2.75, 3.05) is 0 Å². The highest BCUT2D eigenvalue weighted by atomic mass is 19.1. The Morgan fingerprint density at radius 2 is 1.77 bits per heavy atom. The quantitative estimate of drug-likeness (QED) is 0.880. The SMILES string of the molecule is CC[C@H](Oc1ccccc1)C(=O)N[C@@H](C)c1ccc(F)cc1. The van der Waals surface area contributed by atoms with Gasteiger partial charge in [0.05, 0.1) is 6.04 Å². The third kappa shape index (κ3) is 4.32. The largest absolute Gasteiger partial charge is 0.481 e. The molecule has 0 radical (unpaired) electrons. The van der Waals surface area contributed by atoms with E-state index in [1.807, 2.05) is 44.2 Å². The van der Waals surface area contributed by atoms with Gasteiger partial charge in [-0.3, -0.25) is 4.79 Å². The number of halogens is 1. The third-order valence-electron chi connectivity index (χ3n) is 3.41. The van der Waals surface area contributed by atoms with Gasteiger partial charge in [0.15, 0.2) is 6.10 Å². The van der Waals surface area contributed by atoms with E-state index in [9.17, 15) is 9.18 Å². The number of carbonyl (C=O) groups is 1. The fourth-order valence-corrected chi connectivity index (χ4v) is 2.13. The van der Waals surface area contributed by atoms with Crippen LogP contribution in [0.2, 0.25) is 0 Å². The molecule has 2 rings (SSSR count). The number of amides is 1. The van der Waals surface area contributed by atoms with Crippen molar-refractivity contribution in [1.29, 1.82) is 0 Å². The van der Waals surface area contributed by atoms with Gasteiger partial charge in [-0.1, -0.05) is 37.3 Å². The maximum absolute atomic E-state index is 12.9. The third-order valence-corrected chi connectivity index (χ3v) is 3.41. The minimum atomic E-state index is -0.551. The van der Waals surface area contributed by atoms with Crippen molar-refractivity contribution in [1.82, 2.24) is 5.32 Å². The van der Waals surface area contributed by atoms with E-state index in [1.165, 1.54) is 12.1 Å². The summed E-state index contributed by atoms with van der Waals surface area (Å²) in [4.78, 5) is 12.3. The number of benzene rings is 2. The fourth-order valence-electron chi connectivity index (χ4n) is 2.13. The number of hydrogen-bond donors (Lipinski definition) is 1. The maximum atomic E-state index is 12.9. The number of ether oxygens (including phenoxy) is 1. The summed E-state index contributed by atoms with van der Waals surface area (Å²) in [5, 5.41) is 2.90. The zero-order chi connectivity index (χ0) is 15.9. The van der Waals surface area contributed by atoms with Gasteiger partial charge < -0.3 is 10.1 Å². The monoisotopic (exact) mass is 301 g/mol. The zero-order valence-electron chi connectivity index (χ0n) is 12.8. The Morgan fingerprint density at radius 1 is 1.14 bits per heavy atom. The van der Waals surface area contributed by atoms with E-state index < -0.39 is 6.10 Å². The molecule has 0 fully saturated rings. The molecule has 1 amide bonds. The molecule has 0 aliphatic heterocycles. The first-order valence-electron chi connectivity index (χ1n) is 7.37. The molecule has 0 saturated heterocycles. The lowest BCUT2D eigenvalue weighted by atomic mass is 10.1. The topological polar surface area (TPSA) is 38.3 Å². The van der Waals surface area contributed by atoms with Gasteiger partial charge in [-0.2, -0.15) is 0 Å². The number of para-hydroxylation sites is 1. The first-order chi connectivity index (χ1) is 10.6. The molecule has 0 unspecified atom stereocenters. The molecule has 2 aromatic carbocycles. The predicted molar refractivity (Wildman–Crippen MR) is 84.1 cm³/mol. The number of rotatable bonds is 6. The van der Waals surface area contributed by atoms with Gasteiger partial charge in [-0.15, -0.1) is 0 Å². The van der Waals surface area contributed by atoms with Crippen LogP contribution in [0, 0.1) is 5.82 Å².